The summed E-state index contributed by atoms with van der Waals surface area (Å²) in [4.78, 5) is 32.8. The topological polar surface area (TPSA) is 87.3 Å². The molecule has 1 aromatic rings. The van der Waals surface area contributed by atoms with Crippen LogP contribution in [0.1, 0.15) is 12.0 Å². The van der Waals surface area contributed by atoms with Crippen LogP contribution < -0.4 is 16.0 Å². The van der Waals surface area contributed by atoms with Crippen molar-refractivity contribution in [3.8, 4) is 0 Å². The molecule has 0 saturated carbocycles. The average Bonchev–Trinajstić information content (AvgIpc) is 2.47. The Balaban J connectivity index is 2.12. The van der Waals surface area contributed by atoms with E-state index in [1.807, 2.05) is 30.3 Å². The first-order valence-electron chi connectivity index (χ1n) is 6.51. The highest BCUT2D eigenvalue weighted by Crippen LogP contribution is 1.97. The van der Waals surface area contributed by atoms with Gasteiger partial charge in [-0.3, -0.25) is 14.4 Å². The van der Waals surface area contributed by atoms with Crippen molar-refractivity contribution >= 4 is 18.2 Å². The smallest absolute Gasteiger partial charge is 0.309 e. The summed E-state index contributed by atoms with van der Waals surface area (Å²) in [5, 5.41) is 7.51. The molecule has 0 heterocycles. The van der Waals surface area contributed by atoms with Crippen LogP contribution in [-0.4, -0.2) is 37.9 Å². The van der Waals surface area contributed by atoms with Crippen LogP contribution >= 0.6 is 0 Å². The highest BCUT2D eigenvalue weighted by atomic mass is 16.2. The molecule has 6 nitrogen and oxygen atoms in total. The van der Waals surface area contributed by atoms with Gasteiger partial charge in [-0.2, -0.15) is 0 Å². The molecule has 0 aliphatic heterocycles. The largest absolute Gasteiger partial charge is 0.359 e. The molecule has 0 unspecified atom stereocenters. The number of amides is 3. The van der Waals surface area contributed by atoms with Gasteiger partial charge in [-0.15, -0.1) is 0 Å². The number of carbonyl (C=O) groups excluding carboxylic acids is 3. The standard InChI is InChI=1S/C14H19N3O3/c18-11-15-8-4-9-16-13(19)14(20)17-10-7-12-5-2-1-3-6-12/h1-3,5-6,11H,4,7-10H2,(H,15,18)(H,16,19)(H,17,20). The maximum absolute atomic E-state index is 11.5. The fourth-order valence-electron chi connectivity index (χ4n) is 1.58. The van der Waals surface area contributed by atoms with Gasteiger partial charge in [-0.05, 0) is 18.4 Å². The molecule has 3 amide bonds. The summed E-state index contributed by atoms with van der Waals surface area (Å²) in [6.07, 6.45) is 1.86. The lowest BCUT2D eigenvalue weighted by atomic mass is 10.1. The van der Waals surface area contributed by atoms with Gasteiger partial charge in [0.15, 0.2) is 0 Å². The molecule has 0 saturated heterocycles. The normalized spacial score (nSPS) is 9.60. The van der Waals surface area contributed by atoms with E-state index in [1.54, 1.807) is 0 Å². The van der Waals surface area contributed by atoms with E-state index in [9.17, 15) is 14.4 Å². The van der Waals surface area contributed by atoms with Crippen LogP contribution in [0.2, 0.25) is 0 Å². The molecule has 0 radical (unpaired) electrons. The number of hydrogen-bond donors (Lipinski definition) is 3. The van der Waals surface area contributed by atoms with Gasteiger partial charge in [-0.1, -0.05) is 30.3 Å². The third-order valence-electron chi connectivity index (χ3n) is 2.62. The molecular weight excluding hydrogens is 258 g/mol. The van der Waals surface area contributed by atoms with E-state index in [4.69, 9.17) is 0 Å². The summed E-state index contributed by atoms with van der Waals surface area (Å²) >= 11 is 0. The second kappa shape index (κ2) is 9.55. The minimum absolute atomic E-state index is 0.353. The lowest BCUT2D eigenvalue weighted by Gasteiger charge is -2.06. The number of benzene rings is 1. The summed E-state index contributed by atoms with van der Waals surface area (Å²) < 4.78 is 0. The Morgan fingerprint density at radius 1 is 0.950 bits per heavy atom. The van der Waals surface area contributed by atoms with Crippen molar-refractivity contribution in [3.05, 3.63) is 35.9 Å². The van der Waals surface area contributed by atoms with Crippen LogP contribution in [0.4, 0.5) is 0 Å². The first-order chi connectivity index (χ1) is 9.74. The molecule has 6 heteroatoms. The van der Waals surface area contributed by atoms with E-state index in [0.29, 0.717) is 38.9 Å². The Labute approximate surface area is 117 Å². The van der Waals surface area contributed by atoms with Crippen LogP contribution in [0.3, 0.4) is 0 Å². The van der Waals surface area contributed by atoms with Gasteiger partial charge >= 0.3 is 11.8 Å². The molecule has 1 aromatic carbocycles. The maximum atomic E-state index is 11.5. The predicted molar refractivity (Wildman–Crippen MR) is 74.8 cm³/mol. The molecule has 0 spiro atoms. The molecule has 0 aromatic heterocycles. The molecule has 0 bridgehead atoms. The van der Waals surface area contributed by atoms with Crippen LogP contribution in [0.5, 0.6) is 0 Å². The lowest BCUT2D eigenvalue weighted by Crippen LogP contribution is -2.41. The maximum Gasteiger partial charge on any atom is 0.309 e. The first kappa shape index (κ1) is 15.7. The first-order valence-corrected chi connectivity index (χ1v) is 6.51. The van der Waals surface area contributed by atoms with Crippen molar-refractivity contribution in [2.45, 2.75) is 12.8 Å². The van der Waals surface area contributed by atoms with Crippen molar-refractivity contribution in [2.24, 2.45) is 0 Å². The van der Waals surface area contributed by atoms with Crippen molar-refractivity contribution in [2.75, 3.05) is 19.6 Å². The molecule has 0 atom stereocenters. The van der Waals surface area contributed by atoms with Gasteiger partial charge in [0, 0.05) is 19.6 Å². The quantitative estimate of drug-likeness (QED) is 0.343. The van der Waals surface area contributed by atoms with Crippen molar-refractivity contribution in [1.82, 2.24) is 16.0 Å². The predicted octanol–water partition coefficient (Wildman–Crippen LogP) is -0.402. The Kier molecular flexibility index (Phi) is 7.49. The van der Waals surface area contributed by atoms with Crippen LogP contribution in [0.15, 0.2) is 30.3 Å². The van der Waals surface area contributed by atoms with Gasteiger partial charge in [0.2, 0.25) is 6.41 Å². The zero-order chi connectivity index (χ0) is 14.6. The van der Waals surface area contributed by atoms with Gasteiger partial charge < -0.3 is 16.0 Å². The Hall–Kier alpha value is -2.37. The fraction of sp³-hybridized carbons (Fsp3) is 0.357. The van der Waals surface area contributed by atoms with E-state index < -0.39 is 11.8 Å². The Morgan fingerprint density at radius 2 is 1.60 bits per heavy atom. The van der Waals surface area contributed by atoms with Gasteiger partial charge in [0.25, 0.3) is 0 Å². The monoisotopic (exact) mass is 277 g/mol. The fourth-order valence-corrected chi connectivity index (χ4v) is 1.58. The zero-order valence-electron chi connectivity index (χ0n) is 11.2. The molecule has 1 rings (SSSR count). The van der Waals surface area contributed by atoms with E-state index in [-0.39, 0.29) is 0 Å². The SMILES string of the molecule is O=CNCCCNC(=O)C(=O)NCCc1ccccc1. The minimum Gasteiger partial charge on any atom is -0.359 e. The van der Waals surface area contributed by atoms with E-state index in [1.165, 1.54) is 0 Å². The molecule has 108 valence electrons. The molecule has 0 aliphatic carbocycles. The van der Waals surface area contributed by atoms with Crippen molar-refractivity contribution in [3.63, 3.8) is 0 Å². The summed E-state index contributed by atoms with van der Waals surface area (Å²) in [7, 11) is 0. The Bertz CT molecular complexity index is 435. The van der Waals surface area contributed by atoms with E-state index in [2.05, 4.69) is 16.0 Å². The zero-order valence-corrected chi connectivity index (χ0v) is 11.2. The molecule has 0 aliphatic rings. The van der Waals surface area contributed by atoms with Crippen molar-refractivity contribution in [1.29, 1.82) is 0 Å². The number of nitrogens with one attached hydrogen (secondary N) is 3. The number of rotatable bonds is 8. The minimum atomic E-state index is -0.649. The number of hydrogen-bond acceptors (Lipinski definition) is 3. The summed E-state index contributed by atoms with van der Waals surface area (Å²) in [6, 6.07) is 9.71. The molecule has 20 heavy (non-hydrogen) atoms. The summed E-state index contributed by atoms with van der Waals surface area (Å²) in [5.41, 5.74) is 1.10. The third-order valence-corrected chi connectivity index (χ3v) is 2.62. The van der Waals surface area contributed by atoms with E-state index >= 15 is 0 Å². The molecule has 3 N–H and O–H groups in total. The lowest BCUT2D eigenvalue weighted by molar-refractivity contribution is -0.139. The third kappa shape index (κ3) is 6.53. The highest BCUT2D eigenvalue weighted by molar-refractivity contribution is 6.35. The second-order valence-electron chi connectivity index (χ2n) is 4.17. The van der Waals surface area contributed by atoms with Crippen molar-refractivity contribution < 1.29 is 14.4 Å². The summed E-state index contributed by atoms with van der Waals surface area (Å²) in [6.45, 7) is 1.24. The van der Waals surface area contributed by atoms with Crippen LogP contribution in [-0.2, 0) is 20.8 Å². The van der Waals surface area contributed by atoms with Gasteiger partial charge in [0.1, 0.15) is 0 Å². The van der Waals surface area contributed by atoms with Gasteiger partial charge in [0.05, 0.1) is 0 Å². The second-order valence-corrected chi connectivity index (χ2v) is 4.17. The van der Waals surface area contributed by atoms with Crippen LogP contribution in [0.25, 0.3) is 0 Å². The highest BCUT2D eigenvalue weighted by Gasteiger charge is 2.11. The van der Waals surface area contributed by atoms with E-state index in [0.717, 1.165) is 5.56 Å². The molecule has 0 fully saturated rings. The summed E-state index contributed by atoms with van der Waals surface area (Å²) in [5.74, 6) is -1.28. The molecular formula is C14H19N3O3. The van der Waals surface area contributed by atoms with Gasteiger partial charge in [-0.25, -0.2) is 0 Å². The van der Waals surface area contributed by atoms with Crippen LogP contribution in [0, 0.1) is 0 Å². The number of carbonyl (C=O) groups is 3. The Morgan fingerprint density at radius 3 is 2.25 bits per heavy atom. The average molecular weight is 277 g/mol.